The average molecular weight is 329 g/mol. The van der Waals surface area contributed by atoms with Gasteiger partial charge in [0.05, 0.1) is 20.3 Å². The summed E-state index contributed by atoms with van der Waals surface area (Å²) in [6, 6.07) is 15.7. The molecular formula is C20H27NO3. The molecule has 3 atom stereocenters. The highest BCUT2D eigenvalue weighted by molar-refractivity contribution is 5.34. The lowest BCUT2D eigenvalue weighted by Gasteiger charge is -2.25. The van der Waals surface area contributed by atoms with Crippen LogP contribution >= 0.6 is 0 Å². The van der Waals surface area contributed by atoms with Crippen molar-refractivity contribution in [3.8, 4) is 11.5 Å². The van der Waals surface area contributed by atoms with Crippen molar-refractivity contribution in [3.63, 3.8) is 0 Å². The number of hydrogen-bond acceptors (Lipinski definition) is 4. The van der Waals surface area contributed by atoms with Gasteiger partial charge in [-0.2, -0.15) is 0 Å². The summed E-state index contributed by atoms with van der Waals surface area (Å²) in [5.41, 5.74) is 2.03. The number of ether oxygens (including phenoxy) is 2. The SMILES string of the molecule is COc1ccc(C(O)C(C)NC(C)Cc2ccccc2OC)cc1. The molecule has 4 nitrogen and oxygen atoms in total. The number of benzene rings is 2. The van der Waals surface area contributed by atoms with Crippen molar-refractivity contribution < 1.29 is 14.6 Å². The van der Waals surface area contributed by atoms with E-state index < -0.39 is 6.10 Å². The van der Waals surface area contributed by atoms with E-state index >= 15 is 0 Å². The van der Waals surface area contributed by atoms with Crippen LogP contribution in [0.1, 0.15) is 31.1 Å². The minimum atomic E-state index is -0.573. The number of hydrogen-bond donors (Lipinski definition) is 2. The zero-order chi connectivity index (χ0) is 17.5. The maximum Gasteiger partial charge on any atom is 0.122 e. The fourth-order valence-corrected chi connectivity index (χ4v) is 2.89. The molecule has 2 aromatic rings. The molecule has 0 aliphatic carbocycles. The fourth-order valence-electron chi connectivity index (χ4n) is 2.89. The molecule has 0 saturated heterocycles. The number of aliphatic hydroxyl groups is 1. The fraction of sp³-hybridized carbons (Fsp3) is 0.400. The van der Waals surface area contributed by atoms with Gasteiger partial charge < -0.3 is 19.9 Å². The van der Waals surface area contributed by atoms with E-state index in [-0.39, 0.29) is 12.1 Å². The molecule has 0 heterocycles. The van der Waals surface area contributed by atoms with Crippen molar-refractivity contribution in [2.24, 2.45) is 0 Å². The van der Waals surface area contributed by atoms with Gasteiger partial charge in [-0.3, -0.25) is 0 Å². The van der Waals surface area contributed by atoms with Crippen molar-refractivity contribution in [3.05, 3.63) is 59.7 Å². The molecule has 2 rings (SSSR count). The maximum absolute atomic E-state index is 10.5. The summed E-state index contributed by atoms with van der Waals surface area (Å²) in [7, 11) is 3.32. The molecule has 3 unspecified atom stereocenters. The Bertz CT molecular complexity index is 627. The van der Waals surface area contributed by atoms with Crippen LogP contribution in [0.3, 0.4) is 0 Å². The first-order valence-corrected chi connectivity index (χ1v) is 8.25. The van der Waals surface area contributed by atoms with Crippen LogP contribution < -0.4 is 14.8 Å². The van der Waals surface area contributed by atoms with Crippen LogP contribution in [-0.4, -0.2) is 31.4 Å². The quantitative estimate of drug-likeness (QED) is 0.780. The summed E-state index contributed by atoms with van der Waals surface area (Å²) in [6.07, 6.45) is 0.264. The van der Waals surface area contributed by atoms with Gasteiger partial charge in [-0.25, -0.2) is 0 Å². The molecule has 0 aliphatic heterocycles. The predicted octanol–water partition coefficient (Wildman–Crippen LogP) is 3.35. The summed E-state index contributed by atoms with van der Waals surface area (Å²) in [5.74, 6) is 1.69. The molecule has 0 aliphatic rings. The zero-order valence-electron chi connectivity index (χ0n) is 14.8. The molecule has 0 spiro atoms. The van der Waals surface area contributed by atoms with Gasteiger partial charge in [-0.05, 0) is 49.6 Å². The summed E-state index contributed by atoms with van der Waals surface area (Å²) < 4.78 is 10.6. The first-order valence-electron chi connectivity index (χ1n) is 8.25. The Morgan fingerprint density at radius 3 is 2.25 bits per heavy atom. The average Bonchev–Trinajstić information content (AvgIpc) is 2.61. The van der Waals surface area contributed by atoms with E-state index in [0.717, 1.165) is 29.0 Å². The molecule has 0 fully saturated rings. The van der Waals surface area contributed by atoms with Gasteiger partial charge in [0.25, 0.3) is 0 Å². The summed E-state index contributed by atoms with van der Waals surface area (Å²) in [6.45, 7) is 4.11. The Kier molecular flexibility index (Phi) is 6.64. The van der Waals surface area contributed by atoms with Crippen LogP contribution in [0.5, 0.6) is 11.5 Å². The molecule has 0 radical (unpaired) electrons. The van der Waals surface area contributed by atoms with Gasteiger partial charge in [0.15, 0.2) is 0 Å². The van der Waals surface area contributed by atoms with Gasteiger partial charge in [0.2, 0.25) is 0 Å². The molecule has 0 saturated carbocycles. The summed E-state index contributed by atoms with van der Waals surface area (Å²) in [5, 5.41) is 14.0. The van der Waals surface area contributed by atoms with Crippen molar-refractivity contribution in [1.29, 1.82) is 0 Å². The van der Waals surface area contributed by atoms with Gasteiger partial charge in [0, 0.05) is 12.1 Å². The van der Waals surface area contributed by atoms with E-state index in [1.807, 2.05) is 49.4 Å². The lowest BCUT2D eigenvalue weighted by atomic mass is 10.0. The topological polar surface area (TPSA) is 50.7 Å². The summed E-state index contributed by atoms with van der Waals surface area (Å²) >= 11 is 0. The van der Waals surface area contributed by atoms with E-state index in [9.17, 15) is 5.11 Å². The van der Waals surface area contributed by atoms with Crippen LogP contribution in [0.2, 0.25) is 0 Å². The third kappa shape index (κ3) is 4.73. The van der Waals surface area contributed by atoms with E-state index in [0.29, 0.717) is 0 Å². The number of methoxy groups -OCH3 is 2. The molecule has 0 amide bonds. The summed E-state index contributed by atoms with van der Waals surface area (Å²) in [4.78, 5) is 0. The molecule has 130 valence electrons. The van der Waals surface area contributed by atoms with Crippen LogP contribution in [0.4, 0.5) is 0 Å². The minimum absolute atomic E-state index is 0.0666. The van der Waals surface area contributed by atoms with Crippen molar-refractivity contribution in [2.75, 3.05) is 14.2 Å². The van der Waals surface area contributed by atoms with Crippen LogP contribution in [-0.2, 0) is 6.42 Å². The first kappa shape index (κ1) is 18.3. The van der Waals surface area contributed by atoms with Crippen molar-refractivity contribution in [1.82, 2.24) is 5.32 Å². The van der Waals surface area contributed by atoms with Gasteiger partial charge in [-0.1, -0.05) is 30.3 Å². The lowest BCUT2D eigenvalue weighted by molar-refractivity contribution is 0.130. The van der Waals surface area contributed by atoms with Gasteiger partial charge in [-0.15, -0.1) is 0 Å². The Morgan fingerprint density at radius 2 is 1.62 bits per heavy atom. The van der Waals surface area contributed by atoms with Crippen LogP contribution in [0.15, 0.2) is 48.5 Å². The highest BCUT2D eigenvalue weighted by Crippen LogP contribution is 2.22. The van der Waals surface area contributed by atoms with Gasteiger partial charge in [0.1, 0.15) is 11.5 Å². The maximum atomic E-state index is 10.5. The number of rotatable bonds is 8. The molecule has 2 N–H and O–H groups in total. The van der Waals surface area contributed by atoms with Crippen molar-refractivity contribution >= 4 is 0 Å². The predicted molar refractivity (Wildman–Crippen MR) is 96.7 cm³/mol. The molecule has 0 bridgehead atoms. The Balaban J connectivity index is 1.95. The zero-order valence-corrected chi connectivity index (χ0v) is 14.8. The first-order chi connectivity index (χ1) is 11.5. The Labute approximate surface area is 144 Å². The minimum Gasteiger partial charge on any atom is -0.497 e. The van der Waals surface area contributed by atoms with Crippen molar-refractivity contribution in [2.45, 2.75) is 38.5 Å². The standard InChI is InChI=1S/C20H27NO3/c1-14(13-17-7-5-6-8-19(17)24-4)21-15(2)20(22)16-9-11-18(23-3)12-10-16/h5-12,14-15,20-22H,13H2,1-4H3. The second-order valence-electron chi connectivity index (χ2n) is 6.09. The normalized spacial score (nSPS) is 14.7. The van der Waals surface area contributed by atoms with Crippen LogP contribution in [0.25, 0.3) is 0 Å². The highest BCUT2D eigenvalue weighted by atomic mass is 16.5. The van der Waals surface area contributed by atoms with E-state index in [1.54, 1.807) is 14.2 Å². The van der Waals surface area contributed by atoms with E-state index in [4.69, 9.17) is 9.47 Å². The number of para-hydroxylation sites is 1. The van der Waals surface area contributed by atoms with Gasteiger partial charge >= 0.3 is 0 Å². The Morgan fingerprint density at radius 1 is 0.958 bits per heavy atom. The highest BCUT2D eigenvalue weighted by Gasteiger charge is 2.19. The second-order valence-corrected chi connectivity index (χ2v) is 6.09. The lowest BCUT2D eigenvalue weighted by Crippen LogP contribution is -2.39. The Hall–Kier alpha value is -2.04. The third-order valence-corrected chi connectivity index (χ3v) is 4.20. The van der Waals surface area contributed by atoms with E-state index in [2.05, 4.69) is 18.3 Å². The smallest absolute Gasteiger partial charge is 0.122 e. The molecular weight excluding hydrogens is 302 g/mol. The molecule has 2 aromatic carbocycles. The largest absolute Gasteiger partial charge is 0.497 e. The third-order valence-electron chi connectivity index (χ3n) is 4.20. The molecule has 4 heteroatoms. The van der Waals surface area contributed by atoms with Crippen LogP contribution in [0, 0.1) is 0 Å². The molecule has 24 heavy (non-hydrogen) atoms. The molecule has 0 aromatic heterocycles. The van der Waals surface area contributed by atoms with E-state index in [1.165, 1.54) is 0 Å². The monoisotopic (exact) mass is 329 g/mol. The number of aliphatic hydroxyl groups excluding tert-OH is 1. The number of nitrogens with one attached hydrogen (secondary N) is 1. The second kappa shape index (κ2) is 8.71.